The summed E-state index contributed by atoms with van der Waals surface area (Å²) < 4.78 is 6.46. The van der Waals surface area contributed by atoms with Crippen LogP contribution in [0.15, 0.2) is 28.1 Å². The molecule has 0 spiro atoms. The molecule has 2 amide bonds. The molecule has 30 heavy (non-hydrogen) atoms. The first kappa shape index (κ1) is 19.9. The van der Waals surface area contributed by atoms with Crippen LogP contribution in [0, 0.1) is 11.8 Å². The van der Waals surface area contributed by atoms with Crippen LogP contribution < -0.4 is 0 Å². The lowest BCUT2D eigenvalue weighted by molar-refractivity contribution is -0.870. The number of thiophene rings is 1. The van der Waals surface area contributed by atoms with Crippen molar-refractivity contribution in [2.24, 2.45) is 11.8 Å². The van der Waals surface area contributed by atoms with Gasteiger partial charge in [0.25, 0.3) is 0 Å². The van der Waals surface area contributed by atoms with Gasteiger partial charge in [-0.2, -0.15) is 0 Å². The van der Waals surface area contributed by atoms with E-state index >= 15 is 0 Å². The van der Waals surface area contributed by atoms with Gasteiger partial charge in [0.15, 0.2) is 5.76 Å². The average Bonchev–Trinajstić information content (AvgIpc) is 3.46. The molecule has 3 aliphatic heterocycles. The van der Waals surface area contributed by atoms with Crippen molar-refractivity contribution >= 4 is 23.2 Å². The zero-order chi connectivity index (χ0) is 21.0. The molecular formula is C22H29N4O3S+. The number of nitrogens with zero attached hydrogens (tertiary/aromatic N) is 4. The van der Waals surface area contributed by atoms with Gasteiger partial charge in [0.05, 0.1) is 50.4 Å². The van der Waals surface area contributed by atoms with Crippen molar-refractivity contribution < 1.29 is 18.6 Å². The zero-order valence-corrected chi connectivity index (χ0v) is 18.6. The summed E-state index contributed by atoms with van der Waals surface area (Å²) in [4.78, 5) is 31.6. The van der Waals surface area contributed by atoms with Gasteiger partial charge in [-0.15, -0.1) is 11.3 Å². The van der Waals surface area contributed by atoms with Crippen LogP contribution in [0.25, 0.3) is 10.6 Å². The van der Waals surface area contributed by atoms with Gasteiger partial charge in [-0.05, 0) is 30.8 Å². The third-order valence-electron chi connectivity index (χ3n) is 6.75. The van der Waals surface area contributed by atoms with Gasteiger partial charge in [0.1, 0.15) is 5.69 Å². The van der Waals surface area contributed by atoms with Crippen molar-refractivity contribution in [3.05, 3.63) is 29.3 Å². The summed E-state index contributed by atoms with van der Waals surface area (Å²) in [7, 11) is 6.39. The monoisotopic (exact) mass is 429 g/mol. The number of likely N-dealkylation sites (tertiary alicyclic amines) is 1. The largest absolute Gasteiger partial charge is 0.355 e. The first-order valence-electron chi connectivity index (χ1n) is 10.8. The molecule has 5 heterocycles. The minimum atomic E-state index is -0.340. The second-order valence-corrected chi connectivity index (χ2v) is 10.7. The number of imide groups is 1. The molecule has 0 radical (unpaired) electrons. The fraction of sp³-hybridized carbons (Fsp3) is 0.591. The van der Waals surface area contributed by atoms with Gasteiger partial charge in [-0.3, -0.25) is 19.4 Å². The van der Waals surface area contributed by atoms with Crippen molar-refractivity contribution in [3.63, 3.8) is 0 Å². The lowest BCUT2D eigenvalue weighted by atomic mass is 9.86. The van der Waals surface area contributed by atoms with Crippen LogP contribution in [0.1, 0.15) is 31.0 Å². The second kappa shape index (κ2) is 7.28. The predicted molar refractivity (Wildman–Crippen MR) is 114 cm³/mol. The Morgan fingerprint density at radius 2 is 2.03 bits per heavy atom. The number of carbonyl (C=O) groups excluding carboxylic acids is 2. The molecule has 3 aliphatic rings. The maximum atomic E-state index is 13.4. The first-order chi connectivity index (χ1) is 14.3. The van der Waals surface area contributed by atoms with Crippen LogP contribution in [0.2, 0.25) is 0 Å². The van der Waals surface area contributed by atoms with E-state index in [4.69, 9.17) is 4.52 Å². The maximum absolute atomic E-state index is 13.4. The van der Waals surface area contributed by atoms with Crippen molar-refractivity contribution in [2.75, 3.05) is 40.8 Å². The van der Waals surface area contributed by atoms with Crippen LogP contribution in [0.4, 0.5) is 0 Å². The maximum Gasteiger partial charge on any atom is 0.235 e. The Bertz CT molecular complexity index is 948. The van der Waals surface area contributed by atoms with Gasteiger partial charge in [0, 0.05) is 25.1 Å². The Kier molecular flexibility index (Phi) is 4.83. The number of fused-ring (bicyclic) bond motifs is 3. The van der Waals surface area contributed by atoms with E-state index in [0.29, 0.717) is 6.54 Å². The van der Waals surface area contributed by atoms with E-state index in [2.05, 4.69) is 31.2 Å². The van der Waals surface area contributed by atoms with Gasteiger partial charge in [-0.1, -0.05) is 11.2 Å². The summed E-state index contributed by atoms with van der Waals surface area (Å²) in [6.45, 7) is 2.35. The van der Waals surface area contributed by atoms with E-state index in [1.807, 2.05) is 23.6 Å². The summed E-state index contributed by atoms with van der Waals surface area (Å²) in [6.07, 6.45) is 2.86. The van der Waals surface area contributed by atoms with E-state index < -0.39 is 0 Å². The molecular weight excluding hydrogens is 400 g/mol. The molecule has 0 N–H and O–H groups in total. The molecule has 0 saturated carbocycles. The topological polar surface area (TPSA) is 66.7 Å². The molecule has 4 atom stereocenters. The molecule has 0 aliphatic carbocycles. The fourth-order valence-corrected chi connectivity index (χ4v) is 6.18. The van der Waals surface area contributed by atoms with Crippen molar-refractivity contribution in [3.8, 4) is 10.6 Å². The highest BCUT2D eigenvalue weighted by Crippen LogP contribution is 2.53. The highest BCUT2D eigenvalue weighted by Gasteiger charge is 2.63. The van der Waals surface area contributed by atoms with Crippen LogP contribution in [-0.4, -0.2) is 78.1 Å². The molecule has 3 fully saturated rings. The molecule has 8 heteroatoms. The number of hydrogen-bond acceptors (Lipinski definition) is 6. The summed E-state index contributed by atoms with van der Waals surface area (Å²) in [5, 5.41) is 6.37. The van der Waals surface area contributed by atoms with Crippen molar-refractivity contribution in [1.82, 2.24) is 15.0 Å². The van der Waals surface area contributed by atoms with Crippen LogP contribution in [0.3, 0.4) is 0 Å². The number of hydrogen-bond donors (Lipinski definition) is 0. The Morgan fingerprint density at radius 3 is 2.77 bits per heavy atom. The SMILES string of the molecule is C[N+](C)(C)CCCN1C(=O)[C@@H]2[C@H](C1=O)[C@H](c1cc(-c3cccs3)on1)N1CCC[C@@H]21. The lowest BCUT2D eigenvalue weighted by Gasteiger charge is -2.28. The summed E-state index contributed by atoms with van der Waals surface area (Å²) in [5.41, 5.74) is 0.784. The van der Waals surface area contributed by atoms with Crippen LogP contribution in [-0.2, 0) is 9.59 Å². The Morgan fingerprint density at radius 1 is 1.23 bits per heavy atom. The van der Waals surface area contributed by atoms with Crippen LogP contribution in [0.5, 0.6) is 0 Å². The Balaban J connectivity index is 1.42. The number of aromatic nitrogens is 1. The standard InChI is InChI=1S/C22H29N4O3S/c1-26(2,3)11-6-10-25-21(27)18-15-7-4-9-24(15)20(19(18)22(25)28)14-13-16(29-23-14)17-8-5-12-30-17/h5,8,12-13,15,18-20H,4,6-7,9-11H2,1-3H3/q+1/t15-,18-,19-,20-/m0/s1. The van der Waals surface area contributed by atoms with Gasteiger partial charge in [0.2, 0.25) is 11.8 Å². The average molecular weight is 430 g/mol. The minimum Gasteiger partial charge on any atom is -0.355 e. The number of rotatable bonds is 6. The number of quaternary nitrogens is 1. The normalized spacial score (nSPS) is 29.1. The second-order valence-electron chi connectivity index (χ2n) is 9.73. The van der Waals surface area contributed by atoms with Gasteiger partial charge >= 0.3 is 0 Å². The molecule has 2 aromatic rings. The highest BCUT2D eigenvalue weighted by molar-refractivity contribution is 7.13. The summed E-state index contributed by atoms with van der Waals surface area (Å²) >= 11 is 1.60. The Labute approximate surface area is 180 Å². The highest BCUT2D eigenvalue weighted by atomic mass is 32.1. The van der Waals surface area contributed by atoms with E-state index in [-0.39, 0.29) is 35.7 Å². The predicted octanol–water partition coefficient (Wildman–Crippen LogP) is 2.62. The summed E-state index contributed by atoms with van der Waals surface area (Å²) in [6, 6.07) is 5.93. The molecule has 0 unspecified atom stereocenters. The van der Waals surface area contributed by atoms with Crippen molar-refractivity contribution in [2.45, 2.75) is 31.3 Å². The smallest absolute Gasteiger partial charge is 0.235 e. The molecule has 3 saturated heterocycles. The summed E-state index contributed by atoms with van der Waals surface area (Å²) in [5.74, 6) is 0.152. The van der Waals surface area contributed by atoms with Crippen LogP contribution >= 0.6 is 11.3 Å². The minimum absolute atomic E-state index is 0.0211. The number of amides is 2. The molecule has 5 rings (SSSR count). The third-order valence-corrected chi connectivity index (χ3v) is 7.63. The molecule has 2 aromatic heterocycles. The quantitative estimate of drug-likeness (QED) is 0.522. The molecule has 0 bridgehead atoms. The lowest BCUT2D eigenvalue weighted by Crippen LogP contribution is -2.42. The van der Waals surface area contributed by atoms with E-state index in [9.17, 15) is 9.59 Å². The Hall–Kier alpha value is -2.03. The van der Waals surface area contributed by atoms with E-state index in [1.165, 1.54) is 4.90 Å². The van der Waals surface area contributed by atoms with Crippen molar-refractivity contribution in [1.29, 1.82) is 0 Å². The van der Waals surface area contributed by atoms with E-state index in [0.717, 1.165) is 53.2 Å². The third kappa shape index (κ3) is 3.21. The van der Waals surface area contributed by atoms with Gasteiger partial charge in [-0.25, -0.2) is 0 Å². The van der Waals surface area contributed by atoms with E-state index in [1.54, 1.807) is 11.3 Å². The molecule has 160 valence electrons. The first-order valence-corrected chi connectivity index (χ1v) is 11.6. The van der Waals surface area contributed by atoms with Gasteiger partial charge < -0.3 is 9.01 Å². The number of carbonyl (C=O) groups is 2. The molecule has 7 nitrogen and oxygen atoms in total. The zero-order valence-electron chi connectivity index (χ0n) is 17.8. The fourth-order valence-electron chi connectivity index (χ4n) is 5.50. The molecule has 0 aromatic carbocycles.